The van der Waals surface area contributed by atoms with Crippen LogP contribution in [0, 0.1) is 13.8 Å². The third-order valence-corrected chi connectivity index (χ3v) is 4.08. The molecule has 0 spiro atoms. The van der Waals surface area contributed by atoms with Crippen molar-refractivity contribution in [3.05, 3.63) is 45.1 Å². The summed E-state index contributed by atoms with van der Waals surface area (Å²) in [5, 5.41) is 9.88. The maximum absolute atomic E-state index is 12.1. The van der Waals surface area contributed by atoms with Crippen molar-refractivity contribution in [2.24, 2.45) is 0 Å². The normalized spacial score (nSPS) is 10.3. The Balaban J connectivity index is 2.07. The van der Waals surface area contributed by atoms with Crippen LogP contribution in [0.2, 0.25) is 0 Å². The number of phenolic OH excluding ortho intramolecular Hbond substituents is 1. The minimum atomic E-state index is -0.769. The number of hydrogen-bond acceptors (Lipinski definition) is 6. The predicted octanol–water partition coefficient (Wildman–Crippen LogP) is 3.12. The van der Waals surface area contributed by atoms with Gasteiger partial charge in [0.25, 0.3) is 0 Å². The quantitative estimate of drug-likeness (QED) is 0.677. The molecule has 5 nitrogen and oxygen atoms in total. The Labute approximate surface area is 132 Å². The number of phenols is 1. The molecule has 0 amide bonds. The number of aromatic hydroxyl groups is 1. The first-order valence-corrected chi connectivity index (χ1v) is 7.39. The lowest BCUT2D eigenvalue weighted by atomic mass is 10.1. The molecule has 0 saturated heterocycles. The number of carbonyl (C=O) groups excluding carboxylic acids is 2. The Morgan fingerprint density at radius 1 is 1.23 bits per heavy atom. The molecule has 2 rings (SSSR count). The van der Waals surface area contributed by atoms with Gasteiger partial charge in [-0.15, -0.1) is 11.3 Å². The lowest BCUT2D eigenvalue weighted by molar-refractivity contribution is 0.0471. The molecule has 0 bridgehead atoms. The number of rotatable bonds is 5. The van der Waals surface area contributed by atoms with Crippen LogP contribution in [-0.2, 0) is 4.74 Å². The zero-order valence-electron chi connectivity index (χ0n) is 12.5. The van der Waals surface area contributed by atoms with Gasteiger partial charge in [0.05, 0.1) is 7.11 Å². The molecule has 1 aromatic carbocycles. The molecular weight excluding hydrogens is 304 g/mol. The van der Waals surface area contributed by atoms with E-state index < -0.39 is 5.97 Å². The highest BCUT2D eigenvalue weighted by Gasteiger charge is 2.19. The van der Waals surface area contributed by atoms with E-state index in [4.69, 9.17) is 9.47 Å². The van der Waals surface area contributed by atoms with Gasteiger partial charge in [0.2, 0.25) is 5.78 Å². The maximum Gasteiger partial charge on any atom is 0.342 e. The molecule has 1 heterocycles. The highest BCUT2D eigenvalue weighted by atomic mass is 32.1. The predicted molar refractivity (Wildman–Crippen MR) is 83.1 cm³/mol. The van der Waals surface area contributed by atoms with Crippen molar-refractivity contribution in [2.75, 3.05) is 13.7 Å². The summed E-state index contributed by atoms with van der Waals surface area (Å²) in [5.41, 5.74) is 0.524. The van der Waals surface area contributed by atoms with Crippen molar-refractivity contribution >= 4 is 23.1 Å². The number of ether oxygens (including phenoxy) is 2. The van der Waals surface area contributed by atoms with Crippen LogP contribution in [0.25, 0.3) is 0 Å². The number of aryl methyl sites for hydroxylation is 2. The number of para-hydroxylation sites is 1. The minimum Gasteiger partial charge on any atom is -0.504 e. The van der Waals surface area contributed by atoms with Crippen LogP contribution in [-0.4, -0.2) is 30.6 Å². The largest absolute Gasteiger partial charge is 0.504 e. The second kappa shape index (κ2) is 6.62. The molecule has 0 aliphatic carbocycles. The Morgan fingerprint density at radius 2 is 1.95 bits per heavy atom. The van der Waals surface area contributed by atoms with Gasteiger partial charge in [-0.25, -0.2) is 4.79 Å². The van der Waals surface area contributed by atoms with Crippen molar-refractivity contribution in [1.29, 1.82) is 0 Å². The molecule has 0 aliphatic heterocycles. The van der Waals surface area contributed by atoms with Crippen LogP contribution in [0.3, 0.4) is 0 Å². The Kier molecular flexibility index (Phi) is 4.82. The molecule has 1 aromatic heterocycles. The molecule has 0 aliphatic rings. The number of benzene rings is 1. The zero-order valence-corrected chi connectivity index (χ0v) is 13.3. The second-order valence-electron chi connectivity index (χ2n) is 4.68. The molecule has 6 heteroatoms. The van der Waals surface area contributed by atoms with E-state index in [-0.39, 0.29) is 29.5 Å². The van der Waals surface area contributed by atoms with E-state index in [0.717, 1.165) is 9.75 Å². The molecule has 0 unspecified atom stereocenters. The first kappa shape index (κ1) is 16.0. The van der Waals surface area contributed by atoms with Crippen molar-refractivity contribution in [3.8, 4) is 11.5 Å². The highest BCUT2D eigenvalue weighted by molar-refractivity contribution is 7.12. The smallest absolute Gasteiger partial charge is 0.342 e. The fourth-order valence-electron chi connectivity index (χ4n) is 2.05. The number of ketones is 1. The summed E-state index contributed by atoms with van der Waals surface area (Å²) < 4.78 is 9.92. The molecule has 1 N–H and O–H groups in total. The fraction of sp³-hybridized carbons (Fsp3) is 0.250. The van der Waals surface area contributed by atoms with Gasteiger partial charge in [0.1, 0.15) is 5.56 Å². The summed E-state index contributed by atoms with van der Waals surface area (Å²) in [6, 6.07) is 6.27. The summed E-state index contributed by atoms with van der Waals surface area (Å²) in [6.45, 7) is 3.39. The van der Waals surface area contributed by atoms with Gasteiger partial charge < -0.3 is 14.6 Å². The molecule has 0 saturated carbocycles. The zero-order chi connectivity index (χ0) is 16.3. The lowest BCUT2D eigenvalue weighted by Gasteiger charge is -2.08. The summed E-state index contributed by atoms with van der Waals surface area (Å²) in [6.07, 6.45) is 0. The molecular formula is C16H16O5S. The van der Waals surface area contributed by atoms with Gasteiger partial charge >= 0.3 is 5.97 Å². The number of esters is 1. The summed E-state index contributed by atoms with van der Waals surface area (Å²) in [7, 11) is 1.38. The van der Waals surface area contributed by atoms with Crippen LogP contribution >= 0.6 is 11.3 Å². The summed E-state index contributed by atoms with van der Waals surface area (Å²) in [4.78, 5) is 26.0. The van der Waals surface area contributed by atoms with Crippen LogP contribution in [0.15, 0.2) is 24.3 Å². The lowest BCUT2D eigenvalue weighted by Crippen LogP contribution is -2.14. The van der Waals surface area contributed by atoms with Crippen LogP contribution in [0.4, 0.5) is 0 Å². The second-order valence-corrected chi connectivity index (χ2v) is 6.14. The van der Waals surface area contributed by atoms with E-state index in [1.54, 1.807) is 12.1 Å². The first-order chi connectivity index (χ1) is 10.4. The Morgan fingerprint density at radius 3 is 2.55 bits per heavy atom. The third-order valence-electron chi connectivity index (χ3n) is 3.11. The highest BCUT2D eigenvalue weighted by Crippen LogP contribution is 2.29. The summed E-state index contributed by atoms with van der Waals surface area (Å²) in [5.74, 6) is -1.16. The van der Waals surface area contributed by atoms with E-state index >= 15 is 0 Å². The molecule has 0 radical (unpaired) electrons. The van der Waals surface area contributed by atoms with Gasteiger partial charge in [-0.1, -0.05) is 6.07 Å². The van der Waals surface area contributed by atoms with E-state index in [1.165, 1.54) is 30.6 Å². The maximum atomic E-state index is 12.1. The fourth-order valence-corrected chi connectivity index (χ4v) is 2.99. The van der Waals surface area contributed by atoms with E-state index in [1.807, 2.05) is 13.8 Å². The van der Waals surface area contributed by atoms with Crippen molar-refractivity contribution < 1.29 is 24.2 Å². The number of Topliss-reactive ketones (excluding diaryl/α,β-unsaturated/α-hetero) is 1. The number of hydrogen-bond donors (Lipinski definition) is 1. The van der Waals surface area contributed by atoms with Gasteiger partial charge in [-0.2, -0.15) is 0 Å². The van der Waals surface area contributed by atoms with Gasteiger partial charge in [0, 0.05) is 15.3 Å². The van der Waals surface area contributed by atoms with Crippen molar-refractivity contribution in [1.82, 2.24) is 0 Å². The van der Waals surface area contributed by atoms with E-state index in [0.29, 0.717) is 5.56 Å². The molecule has 22 heavy (non-hydrogen) atoms. The van der Waals surface area contributed by atoms with Crippen molar-refractivity contribution in [2.45, 2.75) is 13.8 Å². The van der Waals surface area contributed by atoms with E-state index in [2.05, 4.69) is 0 Å². The number of methoxy groups -OCH3 is 1. The van der Waals surface area contributed by atoms with Gasteiger partial charge in [-0.05, 0) is 32.0 Å². The molecule has 2 aromatic rings. The number of carbonyl (C=O) groups is 2. The monoisotopic (exact) mass is 320 g/mol. The van der Waals surface area contributed by atoms with E-state index in [9.17, 15) is 14.7 Å². The van der Waals surface area contributed by atoms with Crippen molar-refractivity contribution in [3.63, 3.8) is 0 Å². The standard InChI is InChI=1S/C16H16O5S/c1-9-7-12(10(2)22-9)13(17)8-21-16(19)11-5-4-6-14(20-3)15(11)18/h4-7,18H,8H2,1-3H3. The van der Waals surface area contributed by atoms with Crippen LogP contribution in [0.5, 0.6) is 11.5 Å². The molecule has 116 valence electrons. The van der Waals surface area contributed by atoms with Crippen LogP contribution in [0.1, 0.15) is 30.5 Å². The third kappa shape index (κ3) is 3.28. The SMILES string of the molecule is COc1cccc(C(=O)OCC(=O)c2cc(C)sc2C)c1O. The minimum absolute atomic E-state index is 0.0367. The Bertz CT molecular complexity index is 717. The van der Waals surface area contributed by atoms with Crippen LogP contribution < -0.4 is 4.74 Å². The summed E-state index contributed by atoms with van der Waals surface area (Å²) >= 11 is 1.52. The average Bonchev–Trinajstić information content (AvgIpc) is 2.83. The van der Waals surface area contributed by atoms with Gasteiger partial charge in [-0.3, -0.25) is 4.79 Å². The first-order valence-electron chi connectivity index (χ1n) is 6.57. The molecule has 0 atom stereocenters. The topological polar surface area (TPSA) is 72.8 Å². The average molecular weight is 320 g/mol. The number of thiophene rings is 1. The molecule has 0 fully saturated rings. The van der Waals surface area contributed by atoms with Gasteiger partial charge in [0.15, 0.2) is 18.1 Å². The Hall–Kier alpha value is -2.34.